The number of benzene rings is 3. The first-order valence-corrected chi connectivity index (χ1v) is 7.49. The zero-order valence-corrected chi connectivity index (χ0v) is 13.2. The standard InChI is InChI=1S/C21H15NO2/c1-3-15-4-10-20(11-5-15)22-21(24)19-9-8-17-12-16(14(2)23)6-7-18(17)13-19/h1,4-13H,2H3,(H,22,24). The van der Waals surface area contributed by atoms with Crippen molar-refractivity contribution in [1.82, 2.24) is 0 Å². The maximum atomic E-state index is 12.4. The minimum Gasteiger partial charge on any atom is -0.322 e. The summed E-state index contributed by atoms with van der Waals surface area (Å²) in [5.74, 6) is 2.36. The molecule has 3 rings (SSSR count). The lowest BCUT2D eigenvalue weighted by molar-refractivity contribution is 0.101. The molecule has 0 saturated heterocycles. The fourth-order valence-corrected chi connectivity index (χ4v) is 2.46. The van der Waals surface area contributed by atoms with Gasteiger partial charge in [-0.05, 0) is 60.2 Å². The quantitative estimate of drug-likeness (QED) is 0.579. The van der Waals surface area contributed by atoms with E-state index in [1.54, 1.807) is 36.4 Å². The molecule has 0 unspecified atom stereocenters. The van der Waals surface area contributed by atoms with E-state index in [4.69, 9.17) is 6.42 Å². The van der Waals surface area contributed by atoms with Crippen molar-refractivity contribution in [3.05, 3.63) is 77.4 Å². The van der Waals surface area contributed by atoms with Gasteiger partial charge in [-0.1, -0.05) is 24.1 Å². The molecule has 3 aromatic carbocycles. The highest BCUT2D eigenvalue weighted by Gasteiger charge is 2.08. The van der Waals surface area contributed by atoms with Gasteiger partial charge in [-0.3, -0.25) is 9.59 Å². The van der Waals surface area contributed by atoms with Crippen molar-refractivity contribution in [2.75, 3.05) is 5.32 Å². The monoisotopic (exact) mass is 313 g/mol. The number of carbonyl (C=O) groups is 2. The number of Topliss-reactive ketones (excluding diaryl/α,β-unsaturated/α-hetero) is 1. The first-order chi connectivity index (χ1) is 11.6. The van der Waals surface area contributed by atoms with Crippen LogP contribution in [0.1, 0.15) is 33.2 Å². The molecule has 0 saturated carbocycles. The number of anilines is 1. The van der Waals surface area contributed by atoms with Crippen LogP contribution in [0.3, 0.4) is 0 Å². The molecule has 3 nitrogen and oxygen atoms in total. The number of rotatable bonds is 3. The smallest absolute Gasteiger partial charge is 0.255 e. The number of carbonyl (C=O) groups excluding carboxylic acids is 2. The molecule has 0 heterocycles. The topological polar surface area (TPSA) is 46.2 Å². The SMILES string of the molecule is C#Cc1ccc(NC(=O)c2ccc3cc(C(C)=O)ccc3c2)cc1. The van der Waals surface area contributed by atoms with Crippen LogP contribution >= 0.6 is 0 Å². The fraction of sp³-hybridized carbons (Fsp3) is 0.0476. The summed E-state index contributed by atoms with van der Waals surface area (Å²) in [6, 6.07) is 18.0. The summed E-state index contributed by atoms with van der Waals surface area (Å²) in [4.78, 5) is 23.8. The number of hydrogen-bond donors (Lipinski definition) is 1. The third kappa shape index (κ3) is 3.18. The number of nitrogens with one attached hydrogen (secondary N) is 1. The van der Waals surface area contributed by atoms with Gasteiger partial charge in [0.1, 0.15) is 0 Å². The Hall–Kier alpha value is -3.38. The minimum absolute atomic E-state index is 0.0223. The maximum Gasteiger partial charge on any atom is 0.255 e. The highest BCUT2D eigenvalue weighted by Crippen LogP contribution is 2.19. The van der Waals surface area contributed by atoms with Crippen molar-refractivity contribution in [2.24, 2.45) is 0 Å². The summed E-state index contributed by atoms with van der Waals surface area (Å²) in [5.41, 5.74) is 2.67. The lowest BCUT2D eigenvalue weighted by atomic mass is 10.0. The van der Waals surface area contributed by atoms with Crippen LogP contribution in [0, 0.1) is 12.3 Å². The van der Waals surface area contributed by atoms with Crippen LogP contribution in [0.15, 0.2) is 60.7 Å². The van der Waals surface area contributed by atoms with E-state index >= 15 is 0 Å². The van der Waals surface area contributed by atoms with E-state index in [9.17, 15) is 9.59 Å². The molecule has 0 atom stereocenters. The van der Waals surface area contributed by atoms with Crippen molar-refractivity contribution in [3.63, 3.8) is 0 Å². The molecule has 0 fully saturated rings. The van der Waals surface area contributed by atoms with Crippen molar-refractivity contribution >= 4 is 28.2 Å². The largest absolute Gasteiger partial charge is 0.322 e. The third-order valence-electron chi connectivity index (χ3n) is 3.82. The Morgan fingerprint density at radius 2 is 1.46 bits per heavy atom. The van der Waals surface area contributed by atoms with Gasteiger partial charge in [0.25, 0.3) is 5.91 Å². The molecule has 0 aliphatic rings. The van der Waals surface area contributed by atoms with Gasteiger partial charge in [-0.2, -0.15) is 0 Å². The van der Waals surface area contributed by atoms with Gasteiger partial charge < -0.3 is 5.32 Å². The normalized spacial score (nSPS) is 10.2. The van der Waals surface area contributed by atoms with Crippen LogP contribution in [0.2, 0.25) is 0 Å². The van der Waals surface area contributed by atoms with Gasteiger partial charge in [0.2, 0.25) is 0 Å². The van der Waals surface area contributed by atoms with Crippen molar-refractivity contribution < 1.29 is 9.59 Å². The molecule has 0 spiro atoms. The van der Waals surface area contributed by atoms with Crippen LogP contribution in [0.25, 0.3) is 10.8 Å². The molecule has 0 radical (unpaired) electrons. The zero-order valence-electron chi connectivity index (χ0n) is 13.2. The van der Waals surface area contributed by atoms with E-state index in [0.29, 0.717) is 16.8 Å². The highest BCUT2D eigenvalue weighted by molar-refractivity contribution is 6.07. The predicted molar refractivity (Wildman–Crippen MR) is 96.3 cm³/mol. The first-order valence-electron chi connectivity index (χ1n) is 7.49. The zero-order chi connectivity index (χ0) is 17.1. The van der Waals surface area contributed by atoms with Crippen molar-refractivity contribution in [1.29, 1.82) is 0 Å². The third-order valence-corrected chi connectivity index (χ3v) is 3.82. The van der Waals surface area contributed by atoms with Crippen LogP contribution in [0.5, 0.6) is 0 Å². The molecule has 116 valence electrons. The van der Waals surface area contributed by atoms with Gasteiger partial charge >= 0.3 is 0 Å². The summed E-state index contributed by atoms with van der Waals surface area (Å²) in [6.07, 6.45) is 5.32. The number of ketones is 1. The Labute approximate surface area is 140 Å². The minimum atomic E-state index is -0.194. The molecular formula is C21H15NO2. The van der Waals surface area contributed by atoms with Crippen LogP contribution in [0.4, 0.5) is 5.69 Å². The van der Waals surface area contributed by atoms with E-state index in [-0.39, 0.29) is 11.7 Å². The van der Waals surface area contributed by atoms with Crippen LogP contribution in [-0.4, -0.2) is 11.7 Å². The lowest BCUT2D eigenvalue weighted by Gasteiger charge is -2.07. The average molecular weight is 313 g/mol. The van der Waals surface area contributed by atoms with E-state index in [0.717, 1.165) is 16.3 Å². The van der Waals surface area contributed by atoms with E-state index in [2.05, 4.69) is 11.2 Å². The fourth-order valence-electron chi connectivity index (χ4n) is 2.46. The maximum absolute atomic E-state index is 12.4. The summed E-state index contributed by atoms with van der Waals surface area (Å²) >= 11 is 0. The molecule has 0 aliphatic heterocycles. The van der Waals surface area contributed by atoms with Crippen LogP contribution in [-0.2, 0) is 0 Å². The Morgan fingerprint density at radius 3 is 2.04 bits per heavy atom. The Morgan fingerprint density at radius 1 is 0.875 bits per heavy atom. The van der Waals surface area contributed by atoms with E-state index in [1.807, 2.05) is 24.3 Å². The highest BCUT2D eigenvalue weighted by atomic mass is 16.1. The van der Waals surface area contributed by atoms with Gasteiger partial charge in [0, 0.05) is 22.4 Å². The molecule has 24 heavy (non-hydrogen) atoms. The Bertz CT molecular complexity index is 979. The molecule has 3 heteroatoms. The summed E-state index contributed by atoms with van der Waals surface area (Å²) in [7, 11) is 0. The van der Waals surface area contributed by atoms with Crippen molar-refractivity contribution in [3.8, 4) is 12.3 Å². The number of terminal acetylenes is 1. The average Bonchev–Trinajstić information content (AvgIpc) is 2.61. The molecule has 1 N–H and O–H groups in total. The second-order valence-corrected chi connectivity index (χ2v) is 5.51. The second-order valence-electron chi connectivity index (χ2n) is 5.51. The van der Waals surface area contributed by atoms with Gasteiger partial charge in [0.15, 0.2) is 5.78 Å². The van der Waals surface area contributed by atoms with E-state index in [1.165, 1.54) is 6.92 Å². The van der Waals surface area contributed by atoms with E-state index < -0.39 is 0 Å². The lowest BCUT2D eigenvalue weighted by Crippen LogP contribution is -2.11. The molecule has 1 amide bonds. The van der Waals surface area contributed by atoms with Gasteiger partial charge in [-0.25, -0.2) is 0 Å². The Balaban J connectivity index is 1.85. The number of hydrogen-bond acceptors (Lipinski definition) is 2. The number of fused-ring (bicyclic) bond motifs is 1. The molecule has 0 aliphatic carbocycles. The molecule has 0 bridgehead atoms. The number of amides is 1. The summed E-state index contributed by atoms with van der Waals surface area (Å²) in [6.45, 7) is 1.54. The first kappa shape index (κ1) is 15.5. The van der Waals surface area contributed by atoms with Gasteiger partial charge in [-0.15, -0.1) is 6.42 Å². The summed E-state index contributed by atoms with van der Waals surface area (Å²) < 4.78 is 0. The Kier molecular flexibility index (Phi) is 4.13. The molecule has 3 aromatic rings. The molecular weight excluding hydrogens is 298 g/mol. The van der Waals surface area contributed by atoms with Gasteiger partial charge in [0.05, 0.1) is 0 Å². The molecule has 0 aromatic heterocycles. The summed E-state index contributed by atoms with van der Waals surface area (Å²) in [5, 5.41) is 4.68. The van der Waals surface area contributed by atoms with Crippen LogP contribution < -0.4 is 5.32 Å². The van der Waals surface area contributed by atoms with Crippen molar-refractivity contribution in [2.45, 2.75) is 6.92 Å². The predicted octanol–water partition coefficient (Wildman–Crippen LogP) is 4.28. The second kappa shape index (κ2) is 6.39.